The van der Waals surface area contributed by atoms with Crippen LogP contribution < -0.4 is 0 Å². The molecule has 0 amide bonds. The van der Waals surface area contributed by atoms with E-state index in [4.69, 9.17) is 15.3 Å². The van der Waals surface area contributed by atoms with E-state index in [0.717, 1.165) is 12.1 Å². The molecule has 0 aliphatic carbocycles. The molecular formula is C17H15F3O6S. The second-order valence-corrected chi connectivity index (χ2v) is 6.38. The van der Waals surface area contributed by atoms with Crippen molar-refractivity contribution in [2.45, 2.75) is 22.9 Å². The van der Waals surface area contributed by atoms with Crippen LogP contribution in [0.15, 0.2) is 53.4 Å². The summed E-state index contributed by atoms with van der Waals surface area (Å²) in [4.78, 5) is 20.8. The molecule has 0 radical (unpaired) electrons. The maximum absolute atomic E-state index is 12.0. The minimum absolute atomic E-state index is 0.0324. The summed E-state index contributed by atoms with van der Waals surface area (Å²) in [6.07, 6.45) is 0. The number of halogens is 3. The fourth-order valence-electron chi connectivity index (χ4n) is 1.77. The van der Waals surface area contributed by atoms with Gasteiger partial charge in [0.15, 0.2) is 5.60 Å². The number of aliphatic hydroxyl groups is 1. The second kappa shape index (κ2) is 8.78. The third-order valence-electron chi connectivity index (χ3n) is 3.19. The number of carboxylic acids is 2. The first-order chi connectivity index (χ1) is 12.3. The van der Waals surface area contributed by atoms with Crippen molar-refractivity contribution in [1.82, 2.24) is 0 Å². The predicted octanol–water partition coefficient (Wildman–Crippen LogP) is 3.68. The summed E-state index contributed by atoms with van der Waals surface area (Å²) in [6.45, 7) is 1.18. The van der Waals surface area contributed by atoms with Gasteiger partial charge in [0, 0.05) is 4.90 Å². The van der Waals surface area contributed by atoms with Gasteiger partial charge in [0.2, 0.25) is 0 Å². The molecule has 0 saturated heterocycles. The zero-order valence-corrected chi connectivity index (χ0v) is 14.6. The Labute approximate surface area is 155 Å². The average Bonchev–Trinajstić information content (AvgIpc) is 2.54. The molecule has 27 heavy (non-hydrogen) atoms. The Bertz CT molecular complexity index is 803. The average molecular weight is 404 g/mol. The second-order valence-electron chi connectivity index (χ2n) is 5.27. The summed E-state index contributed by atoms with van der Waals surface area (Å²) >= 11 is -0.425. The van der Waals surface area contributed by atoms with Crippen molar-refractivity contribution < 1.29 is 43.2 Å². The summed E-state index contributed by atoms with van der Waals surface area (Å²) in [5.41, 5.74) is -6.48. The summed E-state index contributed by atoms with van der Waals surface area (Å²) < 4.78 is 35.9. The molecule has 6 nitrogen and oxygen atoms in total. The fraction of sp³-hybridized carbons (Fsp3) is 0.176. The van der Waals surface area contributed by atoms with Crippen molar-refractivity contribution >= 4 is 23.7 Å². The van der Waals surface area contributed by atoms with Crippen LogP contribution in [0.3, 0.4) is 0 Å². The Morgan fingerprint density at radius 1 is 0.963 bits per heavy atom. The van der Waals surface area contributed by atoms with Crippen LogP contribution in [0.5, 0.6) is 5.75 Å². The minimum atomic E-state index is -4.47. The van der Waals surface area contributed by atoms with Gasteiger partial charge in [-0.25, -0.2) is 9.59 Å². The van der Waals surface area contributed by atoms with E-state index < -0.39 is 34.8 Å². The zero-order chi connectivity index (χ0) is 20.8. The highest BCUT2D eigenvalue weighted by Crippen LogP contribution is 2.38. The van der Waals surface area contributed by atoms with E-state index in [-0.39, 0.29) is 21.8 Å². The largest absolute Gasteiger partial charge is 0.508 e. The molecule has 1 atom stereocenters. The number of carboxylic acid groups (broad SMARTS) is 2. The normalized spacial score (nSPS) is 13.1. The maximum Gasteiger partial charge on any atom is 0.446 e. The number of alkyl halides is 3. The van der Waals surface area contributed by atoms with E-state index in [9.17, 15) is 27.9 Å². The fourth-order valence-corrected chi connectivity index (χ4v) is 2.43. The first kappa shape index (κ1) is 22.3. The molecule has 0 heterocycles. The SMILES string of the molecule is CC(O)(C(=O)O)c1ccc(O)cc1.O=C(O)c1ccccc1SC(F)(F)F. The van der Waals surface area contributed by atoms with Gasteiger partial charge < -0.3 is 20.4 Å². The van der Waals surface area contributed by atoms with Crippen LogP contribution in [-0.4, -0.2) is 37.9 Å². The third-order valence-corrected chi connectivity index (χ3v) is 4.00. The Morgan fingerprint density at radius 3 is 1.93 bits per heavy atom. The van der Waals surface area contributed by atoms with E-state index in [0.29, 0.717) is 0 Å². The molecule has 0 aromatic heterocycles. The number of hydrogen-bond donors (Lipinski definition) is 4. The van der Waals surface area contributed by atoms with Crippen LogP contribution >= 0.6 is 11.8 Å². The van der Waals surface area contributed by atoms with Gasteiger partial charge in [-0.3, -0.25) is 0 Å². The van der Waals surface area contributed by atoms with Gasteiger partial charge in [0.05, 0.1) is 5.56 Å². The highest BCUT2D eigenvalue weighted by molar-refractivity contribution is 8.00. The van der Waals surface area contributed by atoms with E-state index in [1.54, 1.807) is 0 Å². The lowest BCUT2D eigenvalue weighted by Gasteiger charge is -2.17. The first-order valence-electron chi connectivity index (χ1n) is 7.18. The monoisotopic (exact) mass is 404 g/mol. The number of aromatic carboxylic acids is 1. The predicted molar refractivity (Wildman–Crippen MR) is 90.6 cm³/mol. The Morgan fingerprint density at radius 2 is 1.48 bits per heavy atom. The topological polar surface area (TPSA) is 115 Å². The van der Waals surface area contributed by atoms with Crippen LogP contribution in [0, 0.1) is 0 Å². The van der Waals surface area contributed by atoms with Crippen LogP contribution in [0.4, 0.5) is 13.2 Å². The van der Waals surface area contributed by atoms with Crippen LogP contribution in [0.2, 0.25) is 0 Å². The van der Waals surface area contributed by atoms with Crippen LogP contribution in [-0.2, 0) is 10.4 Å². The van der Waals surface area contributed by atoms with Crippen molar-refractivity contribution in [3.63, 3.8) is 0 Å². The van der Waals surface area contributed by atoms with Gasteiger partial charge in [0.25, 0.3) is 0 Å². The molecule has 2 aromatic carbocycles. The van der Waals surface area contributed by atoms with Gasteiger partial charge in [-0.15, -0.1) is 0 Å². The molecule has 0 fully saturated rings. The van der Waals surface area contributed by atoms with E-state index in [1.807, 2.05) is 0 Å². The smallest absolute Gasteiger partial charge is 0.446 e. The van der Waals surface area contributed by atoms with Crippen LogP contribution in [0.25, 0.3) is 0 Å². The van der Waals surface area contributed by atoms with Crippen molar-refractivity contribution in [1.29, 1.82) is 0 Å². The Balaban J connectivity index is 0.000000271. The van der Waals surface area contributed by atoms with Gasteiger partial charge in [0.1, 0.15) is 5.75 Å². The standard InChI is InChI=1S/C9H10O4.C8H5F3O2S/c1-9(13,8(11)12)6-2-4-7(10)5-3-6;9-8(10,11)14-6-4-2-1-3-5(6)7(12)13/h2-5,10,13H,1H3,(H,11,12);1-4H,(H,12,13). The molecular weight excluding hydrogens is 389 g/mol. The molecule has 0 aliphatic heterocycles. The van der Waals surface area contributed by atoms with Gasteiger partial charge in [-0.1, -0.05) is 24.3 Å². The highest BCUT2D eigenvalue weighted by atomic mass is 32.2. The van der Waals surface area contributed by atoms with Gasteiger partial charge in [-0.05, 0) is 48.5 Å². The molecule has 2 rings (SSSR count). The molecule has 146 valence electrons. The molecule has 10 heteroatoms. The number of aromatic hydroxyl groups is 1. The molecule has 0 saturated carbocycles. The summed E-state index contributed by atoms with van der Waals surface area (Å²) in [7, 11) is 0. The summed E-state index contributed by atoms with van der Waals surface area (Å²) in [6, 6.07) is 10.4. The number of hydrogen-bond acceptors (Lipinski definition) is 5. The third kappa shape index (κ3) is 6.83. The van der Waals surface area contributed by atoms with Crippen molar-refractivity contribution in [2.75, 3.05) is 0 Å². The van der Waals surface area contributed by atoms with E-state index in [1.165, 1.54) is 43.3 Å². The molecule has 0 bridgehead atoms. The molecule has 0 aliphatic rings. The number of rotatable bonds is 4. The molecule has 2 aromatic rings. The molecule has 0 spiro atoms. The molecule has 4 N–H and O–H groups in total. The quantitative estimate of drug-likeness (QED) is 0.575. The number of benzene rings is 2. The van der Waals surface area contributed by atoms with Crippen LogP contribution in [0.1, 0.15) is 22.8 Å². The minimum Gasteiger partial charge on any atom is -0.508 e. The Hall–Kier alpha value is -2.72. The lowest BCUT2D eigenvalue weighted by Crippen LogP contribution is -2.31. The maximum atomic E-state index is 12.0. The lowest BCUT2D eigenvalue weighted by molar-refractivity contribution is -0.157. The van der Waals surface area contributed by atoms with Crippen molar-refractivity contribution in [2.24, 2.45) is 0 Å². The van der Waals surface area contributed by atoms with Gasteiger partial charge >= 0.3 is 17.4 Å². The van der Waals surface area contributed by atoms with E-state index in [2.05, 4.69) is 0 Å². The number of carbonyl (C=O) groups is 2. The number of phenols is 1. The highest BCUT2D eigenvalue weighted by Gasteiger charge is 2.32. The zero-order valence-electron chi connectivity index (χ0n) is 13.8. The number of phenolic OH excluding ortho intramolecular Hbond substituents is 1. The van der Waals surface area contributed by atoms with Gasteiger partial charge in [-0.2, -0.15) is 13.2 Å². The van der Waals surface area contributed by atoms with Crippen molar-refractivity contribution in [3.8, 4) is 5.75 Å². The Kier molecular flexibility index (Phi) is 7.26. The summed E-state index contributed by atoms with van der Waals surface area (Å²) in [5.74, 6) is -2.65. The van der Waals surface area contributed by atoms with Crippen molar-refractivity contribution in [3.05, 3.63) is 59.7 Å². The van der Waals surface area contributed by atoms with E-state index >= 15 is 0 Å². The molecule has 1 unspecified atom stereocenters. The lowest BCUT2D eigenvalue weighted by atomic mass is 9.96. The summed E-state index contributed by atoms with van der Waals surface area (Å²) in [5, 5.41) is 35.6. The number of aliphatic carboxylic acids is 1. The number of thioether (sulfide) groups is 1. The first-order valence-corrected chi connectivity index (χ1v) is 7.99.